The van der Waals surface area contributed by atoms with Gasteiger partial charge in [-0.05, 0) is 53.6 Å². The van der Waals surface area contributed by atoms with Gasteiger partial charge in [0.15, 0.2) is 0 Å². The van der Waals surface area contributed by atoms with Crippen molar-refractivity contribution in [2.75, 3.05) is 13.1 Å². The number of carbonyl (C=O) groups is 2. The zero-order chi connectivity index (χ0) is 25.6. The lowest BCUT2D eigenvalue weighted by molar-refractivity contribution is -0.137. The molecule has 4 nitrogen and oxygen atoms in total. The predicted octanol–water partition coefficient (Wildman–Crippen LogP) is 6.40. The van der Waals surface area contributed by atoms with Crippen LogP contribution in [0.15, 0.2) is 66.0 Å². The van der Waals surface area contributed by atoms with E-state index in [0.717, 1.165) is 28.1 Å². The summed E-state index contributed by atoms with van der Waals surface area (Å²) < 4.78 is 39.6. The molecule has 0 saturated carbocycles. The number of aryl methyl sites for hydroxylation is 1. The van der Waals surface area contributed by atoms with Crippen molar-refractivity contribution in [1.29, 1.82) is 0 Å². The second-order valence-corrected chi connectivity index (χ2v) is 9.92. The molecule has 0 aliphatic heterocycles. The first kappa shape index (κ1) is 26.5. The fourth-order valence-corrected chi connectivity index (χ4v) is 4.63. The zero-order valence-corrected chi connectivity index (χ0v) is 20.8. The molecule has 0 radical (unpaired) electrons. The molecule has 0 N–H and O–H groups in total. The van der Waals surface area contributed by atoms with E-state index in [-0.39, 0.29) is 30.5 Å². The number of thiophene rings is 1. The Labute approximate surface area is 208 Å². The van der Waals surface area contributed by atoms with E-state index < -0.39 is 17.6 Å². The summed E-state index contributed by atoms with van der Waals surface area (Å²) >= 11 is 1.56. The molecule has 0 spiro atoms. The summed E-state index contributed by atoms with van der Waals surface area (Å²) in [5.41, 5.74) is 1.06. The molecule has 1 aromatic heterocycles. The number of hydrogen-bond acceptors (Lipinski definition) is 3. The molecule has 3 aromatic rings. The number of benzene rings is 2. The average molecular weight is 503 g/mol. The standard InChI is InChI=1S/C27H29F3N2O2S/c1-19(2)15-32(26(34)22-10-7-11-23(14-22)27(28,29)30)18-25(33)31(16-21-8-5-4-6-9-21)17-24-20(3)12-13-35-24/h4-14,19H,15-18H2,1-3H3. The summed E-state index contributed by atoms with van der Waals surface area (Å²) in [4.78, 5) is 30.8. The van der Waals surface area contributed by atoms with E-state index in [0.29, 0.717) is 13.1 Å². The van der Waals surface area contributed by atoms with E-state index in [4.69, 9.17) is 0 Å². The Hall–Kier alpha value is -3.13. The number of nitrogens with zero attached hydrogens (tertiary/aromatic N) is 2. The van der Waals surface area contributed by atoms with Gasteiger partial charge in [-0.2, -0.15) is 13.2 Å². The van der Waals surface area contributed by atoms with Crippen molar-refractivity contribution in [3.8, 4) is 0 Å². The maximum atomic E-state index is 13.5. The summed E-state index contributed by atoms with van der Waals surface area (Å²) in [7, 11) is 0. The van der Waals surface area contributed by atoms with Crippen LogP contribution in [-0.2, 0) is 24.1 Å². The van der Waals surface area contributed by atoms with E-state index in [9.17, 15) is 22.8 Å². The molecule has 35 heavy (non-hydrogen) atoms. The van der Waals surface area contributed by atoms with Gasteiger partial charge in [0.25, 0.3) is 5.91 Å². The molecule has 0 bridgehead atoms. The molecule has 8 heteroatoms. The fraction of sp³-hybridized carbons (Fsp3) is 0.333. The van der Waals surface area contributed by atoms with Gasteiger partial charge in [0.2, 0.25) is 5.91 Å². The van der Waals surface area contributed by atoms with E-state index in [1.165, 1.54) is 17.0 Å². The predicted molar refractivity (Wildman–Crippen MR) is 132 cm³/mol. The lowest BCUT2D eigenvalue weighted by atomic mass is 10.1. The van der Waals surface area contributed by atoms with Crippen molar-refractivity contribution in [2.45, 2.75) is 40.0 Å². The van der Waals surface area contributed by atoms with E-state index in [1.54, 1.807) is 16.2 Å². The van der Waals surface area contributed by atoms with Crippen molar-refractivity contribution in [2.24, 2.45) is 5.92 Å². The van der Waals surface area contributed by atoms with Gasteiger partial charge in [-0.3, -0.25) is 9.59 Å². The summed E-state index contributed by atoms with van der Waals surface area (Å²) in [6.45, 7) is 6.57. The van der Waals surface area contributed by atoms with Crippen LogP contribution in [0.25, 0.3) is 0 Å². The minimum absolute atomic E-state index is 0.0275. The third-order valence-electron chi connectivity index (χ3n) is 5.51. The van der Waals surface area contributed by atoms with Crippen LogP contribution in [0.2, 0.25) is 0 Å². The Kier molecular flexibility index (Phi) is 8.72. The van der Waals surface area contributed by atoms with Crippen molar-refractivity contribution in [3.63, 3.8) is 0 Å². The van der Waals surface area contributed by atoms with Crippen LogP contribution in [0, 0.1) is 12.8 Å². The van der Waals surface area contributed by atoms with Gasteiger partial charge in [0.1, 0.15) is 6.54 Å². The largest absolute Gasteiger partial charge is 0.416 e. The summed E-state index contributed by atoms with van der Waals surface area (Å²) in [6, 6.07) is 15.9. The Morgan fingerprint density at radius 1 is 0.943 bits per heavy atom. The lowest BCUT2D eigenvalue weighted by Gasteiger charge is -2.29. The minimum atomic E-state index is -4.56. The van der Waals surface area contributed by atoms with Gasteiger partial charge in [-0.1, -0.05) is 50.2 Å². The number of halogens is 3. The third-order valence-corrected chi connectivity index (χ3v) is 6.52. The van der Waals surface area contributed by atoms with E-state index in [1.807, 2.05) is 62.5 Å². The van der Waals surface area contributed by atoms with Crippen molar-refractivity contribution >= 4 is 23.2 Å². The van der Waals surface area contributed by atoms with Crippen LogP contribution in [0.1, 0.15) is 45.8 Å². The third kappa shape index (κ3) is 7.42. The first-order valence-corrected chi connectivity index (χ1v) is 12.2. The highest BCUT2D eigenvalue weighted by Gasteiger charge is 2.32. The van der Waals surface area contributed by atoms with Gasteiger partial charge in [0.05, 0.1) is 12.1 Å². The quantitative estimate of drug-likeness (QED) is 0.340. The number of carbonyl (C=O) groups excluding carboxylic acids is 2. The van der Waals surface area contributed by atoms with Crippen LogP contribution in [0.3, 0.4) is 0 Å². The SMILES string of the molecule is Cc1ccsc1CN(Cc1ccccc1)C(=O)CN(CC(C)C)C(=O)c1cccc(C(F)(F)F)c1. The molecule has 0 unspecified atom stereocenters. The van der Waals surface area contributed by atoms with E-state index in [2.05, 4.69) is 0 Å². The molecule has 0 aliphatic carbocycles. The molecule has 3 rings (SSSR count). The average Bonchev–Trinajstić information content (AvgIpc) is 3.22. The van der Waals surface area contributed by atoms with Gasteiger partial charge in [-0.15, -0.1) is 11.3 Å². The number of hydrogen-bond donors (Lipinski definition) is 0. The highest BCUT2D eigenvalue weighted by atomic mass is 32.1. The van der Waals surface area contributed by atoms with Crippen molar-refractivity contribution in [1.82, 2.24) is 9.80 Å². The van der Waals surface area contributed by atoms with Gasteiger partial charge in [-0.25, -0.2) is 0 Å². The van der Waals surface area contributed by atoms with Crippen molar-refractivity contribution in [3.05, 3.63) is 93.2 Å². The first-order valence-electron chi connectivity index (χ1n) is 11.4. The molecular formula is C27H29F3N2O2S. The lowest BCUT2D eigenvalue weighted by Crippen LogP contribution is -2.44. The molecule has 0 saturated heterocycles. The number of rotatable bonds is 9. The second kappa shape index (κ2) is 11.5. The molecule has 1 heterocycles. The minimum Gasteiger partial charge on any atom is -0.332 e. The number of amides is 2. The van der Waals surface area contributed by atoms with Gasteiger partial charge in [0, 0.05) is 23.5 Å². The van der Waals surface area contributed by atoms with Gasteiger partial charge >= 0.3 is 6.18 Å². The normalized spacial score (nSPS) is 11.5. The van der Waals surface area contributed by atoms with Crippen LogP contribution >= 0.6 is 11.3 Å². The topological polar surface area (TPSA) is 40.6 Å². The highest BCUT2D eigenvalue weighted by molar-refractivity contribution is 7.10. The zero-order valence-electron chi connectivity index (χ0n) is 20.0. The monoisotopic (exact) mass is 502 g/mol. The maximum absolute atomic E-state index is 13.5. The number of alkyl halides is 3. The molecular weight excluding hydrogens is 473 g/mol. The van der Waals surface area contributed by atoms with Crippen LogP contribution in [0.4, 0.5) is 13.2 Å². The molecule has 0 fully saturated rings. The van der Waals surface area contributed by atoms with Crippen LogP contribution < -0.4 is 0 Å². The summed E-state index contributed by atoms with van der Waals surface area (Å²) in [5.74, 6) is -0.826. The first-order chi connectivity index (χ1) is 16.5. The Bertz CT molecular complexity index is 1140. The van der Waals surface area contributed by atoms with Crippen molar-refractivity contribution < 1.29 is 22.8 Å². The van der Waals surface area contributed by atoms with Gasteiger partial charge < -0.3 is 9.80 Å². The maximum Gasteiger partial charge on any atom is 0.416 e. The Balaban J connectivity index is 1.86. The molecule has 0 aliphatic rings. The fourth-order valence-electron chi connectivity index (χ4n) is 3.71. The second-order valence-electron chi connectivity index (χ2n) is 8.92. The molecule has 0 atom stereocenters. The summed E-state index contributed by atoms with van der Waals surface area (Å²) in [6.07, 6.45) is -4.56. The summed E-state index contributed by atoms with van der Waals surface area (Å²) in [5, 5.41) is 1.97. The Morgan fingerprint density at radius 3 is 2.26 bits per heavy atom. The Morgan fingerprint density at radius 2 is 1.66 bits per heavy atom. The van der Waals surface area contributed by atoms with Crippen LogP contribution in [0.5, 0.6) is 0 Å². The highest BCUT2D eigenvalue weighted by Crippen LogP contribution is 2.30. The molecule has 186 valence electrons. The molecule has 2 aromatic carbocycles. The molecule has 2 amide bonds. The van der Waals surface area contributed by atoms with E-state index >= 15 is 0 Å². The van der Waals surface area contributed by atoms with Crippen LogP contribution in [-0.4, -0.2) is 34.7 Å². The smallest absolute Gasteiger partial charge is 0.332 e.